The van der Waals surface area contributed by atoms with Crippen LogP contribution in [0.4, 0.5) is 5.69 Å². The number of halogens is 1. The molecule has 112 valence electrons. The van der Waals surface area contributed by atoms with Crippen LogP contribution >= 0.6 is 22.6 Å². The second kappa shape index (κ2) is 5.59. The summed E-state index contributed by atoms with van der Waals surface area (Å²) in [5, 5.41) is 0. The van der Waals surface area contributed by atoms with E-state index in [1.165, 1.54) is 0 Å². The van der Waals surface area contributed by atoms with Gasteiger partial charge in [-0.25, -0.2) is 0 Å². The molecular weight excluding hydrogens is 379 g/mol. The van der Waals surface area contributed by atoms with Crippen molar-refractivity contribution >= 4 is 40.1 Å². The number of hydrogen-bond donors (Lipinski definition) is 0. The molecule has 0 bridgehead atoms. The third-order valence-corrected chi connectivity index (χ3v) is 5.25. The molecule has 2 saturated heterocycles. The summed E-state index contributed by atoms with van der Waals surface area (Å²) in [5.41, 5.74) is 0.863. The number of carbonyl (C=O) groups is 2. The van der Waals surface area contributed by atoms with Gasteiger partial charge in [-0.1, -0.05) is 26.0 Å². The van der Waals surface area contributed by atoms with Crippen molar-refractivity contribution in [2.24, 2.45) is 5.92 Å². The SMILES string of the molecule is CC(C)C1C(=O)N2CCCC2C(=O)N1c1ccccc1I. The minimum absolute atomic E-state index is 0.0786. The number of hydrogen-bond acceptors (Lipinski definition) is 2. The average molecular weight is 398 g/mol. The normalized spacial score (nSPS) is 25.7. The van der Waals surface area contributed by atoms with Crippen molar-refractivity contribution in [1.82, 2.24) is 4.90 Å². The number of amides is 2. The van der Waals surface area contributed by atoms with Crippen molar-refractivity contribution in [3.05, 3.63) is 27.8 Å². The van der Waals surface area contributed by atoms with E-state index in [-0.39, 0.29) is 29.8 Å². The van der Waals surface area contributed by atoms with Crippen molar-refractivity contribution in [1.29, 1.82) is 0 Å². The van der Waals surface area contributed by atoms with Crippen LogP contribution in [0.2, 0.25) is 0 Å². The van der Waals surface area contributed by atoms with Gasteiger partial charge in [-0.2, -0.15) is 0 Å². The molecule has 0 aromatic heterocycles. The Morgan fingerprint density at radius 2 is 1.90 bits per heavy atom. The number of anilines is 1. The lowest BCUT2D eigenvalue weighted by molar-refractivity contribution is -0.145. The Morgan fingerprint density at radius 3 is 2.57 bits per heavy atom. The highest BCUT2D eigenvalue weighted by Gasteiger charge is 2.49. The van der Waals surface area contributed by atoms with Crippen LogP contribution in [-0.2, 0) is 9.59 Å². The molecule has 2 amide bonds. The number of benzene rings is 1. The third kappa shape index (κ3) is 2.35. The summed E-state index contributed by atoms with van der Waals surface area (Å²) in [5.74, 6) is 0.278. The summed E-state index contributed by atoms with van der Waals surface area (Å²) in [7, 11) is 0. The van der Waals surface area contributed by atoms with E-state index in [1.54, 1.807) is 9.80 Å². The highest BCUT2D eigenvalue weighted by atomic mass is 127. The van der Waals surface area contributed by atoms with Gasteiger partial charge in [0.25, 0.3) is 5.91 Å². The van der Waals surface area contributed by atoms with Gasteiger partial charge < -0.3 is 4.90 Å². The zero-order valence-electron chi connectivity index (χ0n) is 12.3. The molecule has 0 aliphatic carbocycles. The van der Waals surface area contributed by atoms with Gasteiger partial charge in [-0.05, 0) is 53.5 Å². The van der Waals surface area contributed by atoms with Gasteiger partial charge in [0.2, 0.25) is 5.91 Å². The Bertz CT molecular complexity index is 587. The molecule has 2 aliphatic rings. The molecule has 1 aromatic carbocycles. The summed E-state index contributed by atoms with van der Waals surface area (Å²) in [6, 6.07) is 7.15. The second-order valence-electron chi connectivity index (χ2n) is 6.04. The minimum Gasteiger partial charge on any atom is -0.329 e. The van der Waals surface area contributed by atoms with E-state index >= 15 is 0 Å². The van der Waals surface area contributed by atoms with Gasteiger partial charge >= 0.3 is 0 Å². The fourth-order valence-corrected chi connectivity index (χ4v) is 4.01. The molecule has 0 N–H and O–H groups in total. The predicted octanol–water partition coefficient (Wildman–Crippen LogP) is 2.65. The Balaban J connectivity index is 2.09. The van der Waals surface area contributed by atoms with E-state index in [2.05, 4.69) is 22.6 Å². The standard InChI is InChI=1S/C16H19IN2O2/c1-10(2)14-16(21)18-9-5-8-13(18)15(20)19(14)12-7-4-3-6-11(12)17/h3-4,6-7,10,13-14H,5,8-9H2,1-2H3. The minimum atomic E-state index is -0.386. The van der Waals surface area contributed by atoms with E-state index in [9.17, 15) is 9.59 Å². The molecule has 0 spiro atoms. The fraction of sp³-hybridized carbons (Fsp3) is 0.500. The van der Waals surface area contributed by atoms with Crippen molar-refractivity contribution < 1.29 is 9.59 Å². The first kappa shape index (κ1) is 14.8. The van der Waals surface area contributed by atoms with Crippen molar-refractivity contribution in [3.8, 4) is 0 Å². The fourth-order valence-electron chi connectivity index (χ4n) is 3.36. The molecule has 0 saturated carbocycles. The molecule has 0 radical (unpaired) electrons. The topological polar surface area (TPSA) is 40.6 Å². The largest absolute Gasteiger partial charge is 0.329 e. The summed E-state index contributed by atoms with van der Waals surface area (Å²) < 4.78 is 1.01. The lowest BCUT2D eigenvalue weighted by atomic mass is 9.95. The Kier molecular flexibility index (Phi) is 3.94. The third-order valence-electron chi connectivity index (χ3n) is 4.33. The van der Waals surface area contributed by atoms with Crippen LogP contribution in [0.5, 0.6) is 0 Å². The van der Waals surface area contributed by atoms with E-state index in [0.29, 0.717) is 0 Å². The summed E-state index contributed by atoms with van der Waals surface area (Å²) >= 11 is 2.23. The van der Waals surface area contributed by atoms with Crippen LogP contribution in [-0.4, -0.2) is 35.3 Å². The molecular formula is C16H19IN2O2. The number of rotatable bonds is 2. The molecule has 2 fully saturated rings. The van der Waals surface area contributed by atoms with Gasteiger partial charge in [-0.15, -0.1) is 0 Å². The van der Waals surface area contributed by atoms with Crippen LogP contribution in [0.25, 0.3) is 0 Å². The maximum atomic E-state index is 12.9. The van der Waals surface area contributed by atoms with Gasteiger partial charge in [0.15, 0.2) is 0 Å². The predicted molar refractivity (Wildman–Crippen MR) is 90.0 cm³/mol. The number of piperazine rings is 1. The van der Waals surface area contributed by atoms with Gasteiger partial charge in [0.1, 0.15) is 12.1 Å². The zero-order valence-corrected chi connectivity index (χ0v) is 14.4. The monoisotopic (exact) mass is 398 g/mol. The Morgan fingerprint density at radius 1 is 1.19 bits per heavy atom. The van der Waals surface area contributed by atoms with Crippen molar-refractivity contribution in [3.63, 3.8) is 0 Å². The first-order valence-electron chi connectivity index (χ1n) is 7.40. The summed E-state index contributed by atoms with van der Waals surface area (Å²) in [6.07, 6.45) is 1.71. The van der Waals surface area contributed by atoms with Crippen LogP contribution in [0, 0.1) is 9.49 Å². The maximum absolute atomic E-state index is 12.9. The van der Waals surface area contributed by atoms with Crippen LogP contribution in [0.15, 0.2) is 24.3 Å². The second-order valence-corrected chi connectivity index (χ2v) is 7.20. The van der Waals surface area contributed by atoms with E-state index in [1.807, 2.05) is 38.1 Å². The number of carbonyl (C=O) groups excluding carboxylic acids is 2. The van der Waals surface area contributed by atoms with E-state index in [4.69, 9.17) is 0 Å². The number of para-hydroxylation sites is 1. The smallest absolute Gasteiger partial charge is 0.250 e. The summed E-state index contributed by atoms with van der Waals surface area (Å²) in [6.45, 7) is 4.74. The molecule has 2 unspecified atom stereocenters. The molecule has 2 atom stereocenters. The molecule has 1 aromatic rings. The highest BCUT2D eigenvalue weighted by molar-refractivity contribution is 14.1. The quantitative estimate of drug-likeness (QED) is 0.719. The van der Waals surface area contributed by atoms with Crippen LogP contribution < -0.4 is 4.90 Å². The average Bonchev–Trinajstić information content (AvgIpc) is 2.93. The Hall–Kier alpha value is -1.11. The summed E-state index contributed by atoms with van der Waals surface area (Å²) in [4.78, 5) is 29.3. The number of nitrogens with zero attached hydrogens (tertiary/aromatic N) is 2. The van der Waals surface area contributed by atoms with Crippen LogP contribution in [0.3, 0.4) is 0 Å². The lowest BCUT2D eigenvalue weighted by Crippen LogP contribution is -2.64. The molecule has 2 aliphatic heterocycles. The molecule has 4 nitrogen and oxygen atoms in total. The zero-order chi connectivity index (χ0) is 15.1. The van der Waals surface area contributed by atoms with Crippen molar-refractivity contribution in [2.75, 3.05) is 11.4 Å². The van der Waals surface area contributed by atoms with Crippen LogP contribution in [0.1, 0.15) is 26.7 Å². The number of fused-ring (bicyclic) bond motifs is 1. The van der Waals surface area contributed by atoms with E-state index < -0.39 is 0 Å². The first-order chi connectivity index (χ1) is 10.0. The highest BCUT2D eigenvalue weighted by Crippen LogP contribution is 2.35. The molecule has 2 heterocycles. The van der Waals surface area contributed by atoms with Gasteiger partial charge in [-0.3, -0.25) is 14.5 Å². The molecule has 21 heavy (non-hydrogen) atoms. The first-order valence-corrected chi connectivity index (χ1v) is 8.48. The van der Waals surface area contributed by atoms with E-state index in [0.717, 1.165) is 28.6 Å². The molecule has 3 rings (SSSR count). The molecule has 5 heteroatoms. The lowest BCUT2D eigenvalue weighted by Gasteiger charge is -2.44. The van der Waals surface area contributed by atoms with Gasteiger partial charge in [0.05, 0.1) is 5.69 Å². The van der Waals surface area contributed by atoms with Gasteiger partial charge in [0, 0.05) is 10.1 Å². The van der Waals surface area contributed by atoms with Crippen molar-refractivity contribution in [2.45, 2.75) is 38.8 Å². The Labute approximate surface area is 138 Å². The maximum Gasteiger partial charge on any atom is 0.250 e.